The number of methoxy groups -OCH3 is 2. The highest BCUT2D eigenvalue weighted by Gasteiger charge is 2.23. The molecule has 1 aliphatic heterocycles. The lowest BCUT2D eigenvalue weighted by atomic mass is 9.98. The van der Waals surface area contributed by atoms with Gasteiger partial charge in [0.2, 0.25) is 5.91 Å². The molecular weight excluding hydrogens is 342 g/mol. The van der Waals surface area contributed by atoms with Crippen LogP contribution < -0.4 is 9.47 Å². The number of amides is 1. The first-order chi connectivity index (χ1) is 13.0. The Morgan fingerprint density at radius 1 is 0.963 bits per heavy atom. The maximum atomic E-state index is 12.6. The van der Waals surface area contributed by atoms with Crippen LogP contribution in [-0.2, 0) is 17.8 Å². The number of hydrogen-bond donors (Lipinski definition) is 0. The van der Waals surface area contributed by atoms with Gasteiger partial charge < -0.3 is 14.4 Å². The quantitative estimate of drug-likeness (QED) is 0.733. The van der Waals surface area contributed by atoms with Crippen LogP contribution in [0.25, 0.3) is 0 Å². The molecular formula is C22H25NO4. The van der Waals surface area contributed by atoms with Gasteiger partial charge in [0, 0.05) is 31.5 Å². The molecule has 3 rings (SSSR count). The van der Waals surface area contributed by atoms with Crippen molar-refractivity contribution in [2.45, 2.75) is 32.7 Å². The van der Waals surface area contributed by atoms with Crippen LogP contribution in [0.2, 0.25) is 0 Å². The minimum Gasteiger partial charge on any atom is -0.493 e. The zero-order valence-corrected chi connectivity index (χ0v) is 16.1. The zero-order chi connectivity index (χ0) is 19.4. The molecule has 2 aromatic carbocycles. The van der Waals surface area contributed by atoms with E-state index >= 15 is 0 Å². The monoisotopic (exact) mass is 367 g/mol. The van der Waals surface area contributed by atoms with Gasteiger partial charge in [-0.15, -0.1) is 0 Å². The molecule has 0 saturated heterocycles. The van der Waals surface area contributed by atoms with Crippen LogP contribution in [0.3, 0.4) is 0 Å². The number of carbonyl (C=O) groups is 2. The Bertz CT molecular complexity index is 842. The molecule has 0 aliphatic carbocycles. The number of carbonyl (C=O) groups excluding carboxylic acids is 2. The van der Waals surface area contributed by atoms with Gasteiger partial charge in [-0.05, 0) is 36.6 Å². The smallest absolute Gasteiger partial charge is 0.223 e. The minimum absolute atomic E-state index is 0.00663. The van der Waals surface area contributed by atoms with Gasteiger partial charge in [0.05, 0.1) is 14.2 Å². The number of ether oxygens (including phenoxy) is 2. The van der Waals surface area contributed by atoms with E-state index in [1.165, 1.54) is 5.56 Å². The van der Waals surface area contributed by atoms with Crippen molar-refractivity contribution in [3.05, 3.63) is 58.7 Å². The number of rotatable bonds is 6. The van der Waals surface area contributed by atoms with Gasteiger partial charge in [0.25, 0.3) is 0 Å². The van der Waals surface area contributed by atoms with Gasteiger partial charge in [-0.1, -0.05) is 29.8 Å². The third kappa shape index (κ3) is 4.30. The lowest BCUT2D eigenvalue weighted by Gasteiger charge is -2.29. The van der Waals surface area contributed by atoms with Crippen LogP contribution in [0, 0.1) is 6.92 Å². The maximum Gasteiger partial charge on any atom is 0.223 e. The first-order valence-electron chi connectivity index (χ1n) is 9.13. The molecule has 0 bridgehead atoms. The van der Waals surface area contributed by atoms with E-state index < -0.39 is 0 Å². The molecule has 0 unspecified atom stereocenters. The van der Waals surface area contributed by atoms with E-state index in [1.807, 2.05) is 48.2 Å². The molecule has 0 spiro atoms. The molecule has 1 heterocycles. The second-order valence-corrected chi connectivity index (χ2v) is 6.83. The van der Waals surface area contributed by atoms with Gasteiger partial charge in [0.15, 0.2) is 17.3 Å². The molecule has 5 nitrogen and oxygen atoms in total. The Hall–Kier alpha value is -2.82. The summed E-state index contributed by atoms with van der Waals surface area (Å²) in [6.07, 6.45) is 1.24. The lowest BCUT2D eigenvalue weighted by Crippen LogP contribution is -2.36. The molecule has 1 aliphatic rings. The average Bonchev–Trinajstić information content (AvgIpc) is 2.70. The SMILES string of the molecule is COc1cc2c(cc1OC)CN(C(=O)CCC(=O)c1ccc(C)cc1)CC2. The second kappa shape index (κ2) is 8.25. The van der Waals surface area contributed by atoms with Crippen molar-refractivity contribution < 1.29 is 19.1 Å². The number of hydrogen-bond acceptors (Lipinski definition) is 4. The third-order valence-corrected chi connectivity index (χ3v) is 5.01. The summed E-state index contributed by atoms with van der Waals surface area (Å²) >= 11 is 0. The van der Waals surface area contributed by atoms with E-state index in [-0.39, 0.29) is 24.5 Å². The van der Waals surface area contributed by atoms with Crippen molar-refractivity contribution in [3.8, 4) is 11.5 Å². The zero-order valence-electron chi connectivity index (χ0n) is 16.1. The van der Waals surface area contributed by atoms with E-state index in [0.717, 1.165) is 17.5 Å². The number of aryl methyl sites for hydroxylation is 1. The first kappa shape index (κ1) is 19.0. The van der Waals surface area contributed by atoms with Gasteiger partial charge in [-0.2, -0.15) is 0 Å². The molecule has 0 aromatic heterocycles. The summed E-state index contributed by atoms with van der Waals surface area (Å²) in [5, 5.41) is 0. The molecule has 1 amide bonds. The maximum absolute atomic E-state index is 12.6. The fourth-order valence-corrected chi connectivity index (χ4v) is 3.36. The molecule has 142 valence electrons. The Morgan fingerprint density at radius 3 is 2.22 bits per heavy atom. The molecule has 5 heteroatoms. The largest absolute Gasteiger partial charge is 0.493 e. The van der Waals surface area contributed by atoms with Gasteiger partial charge >= 0.3 is 0 Å². The number of benzene rings is 2. The van der Waals surface area contributed by atoms with Crippen LogP contribution in [-0.4, -0.2) is 37.4 Å². The summed E-state index contributed by atoms with van der Waals surface area (Å²) in [6.45, 7) is 3.17. The number of ketones is 1. The van der Waals surface area contributed by atoms with Crippen molar-refractivity contribution in [2.75, 3.05) is 20.8 Å². The molecule has 0 fully saturated rings. The predicted molar refractivity (Wildman–Crippen MR) is 103 cm³/mol. The van der Waals surface area contributed by atoms with Crippen molar-refractivity contribution in [1.29, 1.82) is 0 Å². The van der Waals surface area contributed by atoms with Gasteiger partial charge in [0.1, 0.15) is 0 Å². The van der Waals surface area contributed by atoms with Crippen molar-refractivity contribution >= 4 is 11.7 Å². The number of Topliss-reactive ketones (excluding diaryl/α,β-unsaturated/α-hetero) is 1. The number of nitrogens with zero attached hydrogens (tertiary/aromatic N) is 1. The van der Waals surface area contributed by atoms with Crippen LogP contribution in [0.1, 0.15) is 39.9 Å². The Kier molecular flexibility index (Phi) is 5.79. The van der Waals surface area contributed by atoms with Crippen LogP contribution in [0.5, 0.6) is 11.5 Å². The van der Waals surface area contributed by atoms with E-state index in [2.05, 4.69) is 0 Å². The average molecular weight is 367 g/mol. The van der Waals surface area contributed by atoms with Crippen LogP contribution in [0.15, 0.2) is 36.4 Å². The van der Waals surface area contributed by atoms with Gasteiger partial charge in [-0.3, -0.25) is 9.59 Å². The van der Waals surface area contributed by atoms with E-state index in [9.17, 15) is 9.59 Å². The summed E-state index contributed by atoms with van der Waals surface area (Å²) in [7, 11) is 3.22. The molecule has 0 radical (unpaired) electrons. The third-order valence-electron chi connectivity index (χ3n) is 5.01. The lowest BCUT2D eigenvalue weighted by molar-refractivity contribution is -0.132. The van der Waals surface area contributed by atoms with Crippen molar-refractivity contribution in [2.24, 2.45) is 0 Å². The molecule has 0 saturated carbocycles. The van der Waals surface area contributed by atoms with Crippen molar-refractivity contribution in [1.82, 2.24) is 4.90 Å². The summed E-state index contributed by atoms with van der Waals surface area (Å²) < 4.78 is 10.7. The highest BCUT2D eigenvalue weighted by molar-refractivity contribution is 5.98. The summed E-state index contributed by atoms with van der Waals surface area (Å²) in [5.74, 6) is 1.39. The fourth-order valence-electron chi connectivity index (χ4n) is 3.36. The first-order valence-corrected chi connectivity index (χ1v) is 9.13. The fraction of sp³-hybridized carbons (Fsp3) is 0.364. The molecule has 27 heavy (non-hydrogen) atoms. The molecule has 0 atom stereocenters. The van der Waals surface area contributed by atoms with Crippen LogP contribution in [0.4, 0.5) is 0 Å². The number of fused-ring (bicyclic) bond motifs is 1. The Balaban J connectivity index is 1.62. The second-order valence-electron chi connectivity index (χ2n) is 6.83. The highest BCUT2D eigenvalue weighted by atomic mass is 16.5. The Morgan fingerprint density at radius 2 is 1.59 bits per heavy atom. The molecule has 2 aromatic rings. The van der Waals surface area contributed by atoms with Crippen LogP contribution >= 0.6 is 0 Å². The molecule has 0 N–H and O–H groups in total. The topological polar surface area (TPSA) is 55.8 Å². The minimum atomic E-state index is 0.00663. The summed E-state index contributed by atoms with van der Waals surface area (Å²) in [4.78, 5) is 26.7. The van der Waals surface area contributed by atoms with E-state index in [1.54, 1.807) is 14.2 Å². The van der Waals surface area contributed by atoms with Gasteiger partial charge in [-0.25, -0.2) is 0 Å². The Labute approximate surface area is 159 Å². The van der Waals surface area contributed by atoms with E-state index in [0.29, 0.717) is 30.2 Å². The summed E-state index contributed by atoms with van der Waals surface area (Å²) in [6, 6.07) is 11.4. The summed E-state index contributed by atoms with van der Waals surface area (Å²) in [5.41, 5.74) is 4.01. The van der Waals surface area contributed by atoms with Crippen molar-refractivity contribution in [3.63, 3.8) is 0 Å². The highest BCUT2D eigenvalue weighted by Crippen LogP contribution is 2.33. The van der Waals surface area contributed by atoms with E-state index in [4.69, 9.17) is 9.47 Å². The predicted octanol–water partition coefficient (Wildman–Crippen LogP) is 3.56. The standard InChI is InChI=1S/C22H25NO4/c1-15-4-6-16(7-5-15)19(24)8-9-22(25)23-11-10-17-12-20(26-2)21(27-3)13-18(17)14-23/h4-7,12-13H,8-11,14H2,1-3H3. The normalized spacial score (nSPS) is 13.1.